The highest BCUT2D eigenvalue weighted by atomic mass is 32.3. The predicted molar refractivity (Wildman–Crippen MR) is 89.2 cm³/mol. The molecule has 3 N–H and O–H groups in total. The van der Waals surface area contributed by atoms with Crippen molar-refractivity contribution in [3.63, 3.8) is 0 Å². The molecular weight excluding hydrogens is 328 g/mol. The summed E-state index contributed by atoms with van der Waals surface area (Å²) in [7, 11) is -4.67. The molecule has 1 aromatic heterocycles. The Morgan fingerprint density at radius 3 is 2.45 bits per heavy atom. The third-order valence-electron chi connectivity index (χ3n) is 2.42. The zero-order valence-corrected chi connectivity index (χ0v) is 14.3. The number of hydrogen-bond acceptors (Lipinski definition) is 6. The Labute approximate surface area is 137 Å². The number of unbranched alkanes of at least 4 members (excludes halogenated alkanes) is 2. The van der Waals surface area contributed by atoms with Crippen LogP contribution in [0.4, 0.5) is 0 Å². The van der Waals surface area contributed by atoms with Gasteiger partial charge in [-0.2, -0.15) is 21.0 Å². The SMILES string of the molecule is Cc1ccc(OCCCCCNCCS)nc1.O=S(=O)(O)O. The van der Waals surface area contributed by atoms with Crippen molar-refractivity contribution in [1.29, 1.82) is 0 Å². The lowest BCUT2D eigenvalue weighted by atomic mass is 10.2. The Balaban J connectivity index is 0.000000763. The standard InChI is InChI=1S/C13H22N2OS.H2O4S/c1-12-5-6-13(15-11-12)16-9-4-2-3-7-14-8-10-17;1-5(2,3)4/h5-6,11,14,17H,2-4,7-10H2,1H3;(H2,1,2,3,4). The topological polar surface area (TPSA) is 109 Å². The highest BCUT2D eigenvalue weighted by Gasteiger charge is 1.95. The summed E-state index contributed by atoms with van der Waals surface area (Å²) in [4.78, 5) is 4.19. The Morgan fingerprint density at radius 2 is 1.91 bits per heavy atom. The molecule has 0 bridgehead atoms. The summed E-state index contributed by atoms with van der Waals surface area (Å²) < 4.78 is 37.1. The Bertz CT molecular complexity index is 472. The lowest BCUT2D eigenvalue weighted by Gasteiger charge is -2.05. The van der Waals surface area contributed by atoms with E-state index in [1.807, 2.05) is 25.3 Å². The zero-order chi connectivity index (χ0) is 16.8. The maximum Gasteiger partial charge on any atom is 0.394 e. The highest BCUT2D eigenvalue weighted by Crippen LogP contribution is 2.07. The van der Waals surface area contributed by atoms with Crippen molar-refractivity contribution < 1.29 is 22.3 Å². The van der Waals surface area contributed by atoms with Crippen LogP contribution in [-0.4, -0.2) is 48.0 Å². The predicted octanol–water partition coefficient (Wildman–Crippen LogP) is 1.81. The first kappa shape index (κ1) is 21.1. The molecule has 0 atom stereocenters. The van der Waals surface area contributed by atoms with Crippen molar-refractivity contribution in [1.82, 2.24) is 10.3 Å². The van der Waals surface area contributed by atoms with Crippen LogP contribution in [0.15, 0.2) is 18.3 Å². The molecule has 128 valence electrons. The number of nitrogens with zero attached hydrogens (tertiary/aromatic N) is 1. The van der Waals surface area contributed by atoms with Gasteiger partial charge in [-0.3, -0.25) is 9.11 Å². The van der Waals surface area contributed by atoms with E-state index in [1.54, 1.807) is 0 Å². The van der Waals surface area contributed by atoms with Crippen LogP contribution in [0, 0.1) is 6.92 Å². The number of nitrogens with one attached hydrogen (secondary N) is 1. The number of aryl methyl sites for hydroxylation is 1. The summed E-state index contributed by atoms with van der Waals surface area (Å²) >= 11 is 4.14. The fourth-order valence-corrected chi connectivity index (χ4v) is 1.61. The van der Waals surface area contributed by atoms with Gasteiger partial charge >= 0.3 is 10.4 Å². The van der Waals surface area contributed by atoms with E-state index < -0.39 is 10.4 Å². The summed E-state index contributed by atoms with van der Waals surface area (Å²) in [6, 6.07) is 3.94. The van der Waals surface area contributed by atoms with Gasteiger partial charge in [0.05, 0.1) is 6.61 Å². The minimum Gasteiger partial charge on any atom is -0.478 e. The fraction of sp³-hybridized carbons (Fsp3) is 0.615. The van der Waals surface area contributed by atoms with Gasteiger partial charge < -0.3 is 10.1 Å². The molecule has 7 nitrogen and oxygen atoms in total. The smallest absolute Gasteiger partial charge is 0.394 e. The van der Waals surface area contributed by atoms with Crippen molar-refractivity contribution in [3.05, 3.63) is 23.9 Å². The van der Waals surface area contributed by atoms with Crippen molar-refractivity contribution in [3.8, 4) is 5.88 Å². The van der Waals surface area contributed by atoms with Gasteiger partial charge in [-0.25, -0.2) is 4.98 Å². The summed E-state index contributed by atoms with van der Waals surface area (Å²) in [6.45, 7) is 4.84. The third kappa shape index (κ3) is 17.2. The van der Waals surface area contributed by atoms with Gasteiger partial charge in [0, 0.05) is 24.6 Å². The second-order valence-electron chi connectivity index (χ2n) is 4.50. The minimum absolute atomic E-state index is 0.726. The zero-order valence-electron chi connectivity index (χ0n) is 12.6. The summed E-state index contributed by atoms with van der Waals surface area (Å²) in [5.74, 6) is 1.63. The first-order valence-electron chi connectivity index (χ1n) is 6.90. The highest BCUT2D eigenvalue weighted by molar-refractivity contribution is 7.80. The van der Waals surface area contributed by atoms with Crippen LogP contribution >= 0.6 is 12.6 Å². The van der Waals surface area contributed by atoms with Crippen LogP contribution in [0.1, 0.15) is 24.8 Å². The molecule has 0 unspecified atom stereocenters. The Morgan fingerprint density at radius 1 is 1.23 bits per heavy atom. The normalized spacial score (nSPS) is 10.7. The number of pyridine rings is 1. The second-order valence-corrected chi connectivity index (χ2v) is 5.85. The molecule has 22 heavy (non-hydrogen) atoms. The first-order chi connectivity index (χ1) is 10.3. The van der Waals surface area contributed by atoms with Gasteiger partial charge in [-0.05, 0) is 38.3 Å². The molecule has 1 heterocycles. The Kier molecular flexibility index (Phi) is 12.2. The molecule has 0 saturated carbocycles. The molecule has 9 heteroatoms. The van der Waals surface area contributed by atoms with Crippen molar-refractivity contribution in [2.24, 2.45) is 0 Å². The average Bonchev–Trinajstić information content (AvgIpc) is 2.42. The molecular formula is C13H24N2O5S2. The van der Waals surface area contributed by atoms with E-state index in [-0.39, 0.29) is 0 Å². The van der Waals surface area contributed by atoms with Gasteiger partial charge in [-0.15, -0.1) is 0 Å². The third-order valence-corrected chi connectivity index (χ3v) is 2.64. The number of hydrogen-bond donors (Lipinski definition) is 4. The monoisotopic (exact) mass is 352 g/mol. The Hall–Kier alpha value is -0.870. The molecule has 0 fully saturated rings. The minimum atomic E-state index is -4.67. The van der Waals surface area contributed by atoms with E-state index >= 15 is 0 Å². The van der Waals surface area contributed by atoms with Crippen LogP contribution in [-0.2, 0) is 10.4 Å². The quantitative estimate of drug-likeness (QED) is 0.305. The van der Waals surface area contributed by atoms with Crippen molar-refractivity contribution >= 4 is 23.0 Å². The molecule has 0 saturated heterocycles. The van der Waals surface area contributed by atoms with E-state index in [4.69, 9.17) is 22.3 Å². The molecule has 0 aliphatic heterocycles. The first-order valence-corrected chi connectivity index (χ1v) is 8.93. The fourth-order valence-electron chi connectivity index (χ4n) is 1.45. The van der Waals surface area contributed by atoms with Gasteiger partial charge in [0.1, 0.15) is 0 Å². The molecule has 0 aliphatic rings. The molecule has 0 radical (unpaired) electrons. The van der Waals surface area contributed by atoms with Crippen LogP contribution in [0.3, 0.4) is 0 Å². The van der Waals surface area contributed by atoms with E-state index in [9.17, 15) is 0 Å². The number of thiol groups is 1. The summed E-state index contributed by atoms with van der Waals surface area (Å²) in [5.41, 5.74) is 1.16. The van der Waals surface area contributed by atoms with Crippen LogP contribution in [0.2, 0.25) is 0 Å². The average molecular weight is 352 g/mol. The van der Waals surface area contributed by atoms with Crippen LogP contribution in [0.5, 0.6) is 5.88 Å². The largest absolute Gasteiger partial charge is 0.478 e. The number of rotatable bonds is 9. The van der Waals surface area contributed by atoms with Gasteiger partial charge in [0.25, 0.3) is 0 Å². The van der Waals surface area contributed by atoms with E-state index in [1.165, 1.54) is 12.8 Å². The number of aromatic nitrogens is 1. The maximum atomic E-state index is 8.74. The van der Waals surface area contributed by atoms with E-state index in [2.05, 4.69) is 22.9 Å². The molecule has 1 rings (SSSR count). The number of ether oxygens (including phenoxy) is 1. The van der Waals surface area contributed by atoms with Gasteiger partial charge in [0.2, 0.25) is 5.88 Å². The summed E-state index contributed by atoms with van der Waals surface area (Å²) in [5, 5.41) is 3.32. The maximum absolute atomic E-state index is 8.74. The van der Waals surface area contributed by atoms with Gasteiger partial charge in [0.15, 0.2) is 0 Å². The van der Waals surface area contributed by atoms with Crippen molar-refractivity contribution in [2.45, 2.75) is 26.2 Å². The molecule has 0 aliphatic carbocycles. The van der Waals surface area contributed by atoms with Crippen LogP contribution < -0.4 is 10.1 Å². The van der Waals surface area contributed by atoms with E-state index in [0.717, 1.165) is 43.3 Å². The van der Waals surface area contributed by atoms with Crippen molar-refractivity contribution in [2.75, 3.05) is 25.4 Å². The second kappa shape index (κ2) is 12.7. The summed E-state index contributed by atoms with van der Waals surface area (Å²) in [6.07, 6.45) is 5.29. The lowest BCUT2D eigenvalue weighted by molar-refractivity contribution is 0.293. The van der Waals surface area contributed by atoms with E-state index in [0.29, 0.717) is 0 Å². The van der Waals surface area contributed by atoms with Gasteiger partial charge in [-0.1, -0.05) is 6.07 Å². The van der Waals surface area contributed by atoms with Crippen LogP contribution in [0.25, 0.3) is 0 Å². The molecule has 0 spiro atoms. The lowest BCUT2D eigenvalue weighted by Crippen LogP contribution is -2.17. The molecule has 1 aromatic rings. The molecule has 0 amide bonds. The molecule has 0 aromatic carbocycles.